The second kappa shape index (κ2) is 6.15. The Balaban J connectivity index is 2.18. The highest BCUT2D eigenvalue weighted by molar-refractivity contribution is 9.10. The average molecular weight is 330 g/mol. The van der Waals surface area contributed by atoms with Gasteiger partial charge in [0, 0.05) is 19.0 Å². The van der Waals surface area contributed by atoms with Crippen molar-refractivity contribution in [1.82, 2.24) is 9.78 Å². The van der Waals surface area contributed by atoms with E-state index >= 15 is 0 Å². The van der Waals surface area contributed by atoms with E-state index in [2.05, 4.69) is 28.0 Å². The van der Waals surface area contributed by atoms with Gasteiger partial charge in [-0.05, 0) is 29.3 Å². The first-order valence-electron chi connectivity index (χ1n) is 6.68. The SMILES string of the molecule is CCc1nn(CC)c(CC(=O)C2COCC2N)c1Br. The number of halogens is 1. The Hall–Kier alpha value is -0.720. The molecule has 1 aliphatic heterocycles. The highest BCUT2D eigenvalue weighted by atomic mass is 79.9. The van der Waals surface area contributed by atoms with E-state index < -0.39 is 0 Å². The summed E-state index contributed by atoms with van der Waals surface area (Å²) in [5.41, 5.74) is 7.84. The number of nitrogens with two attached hydrogens (primary N) is 1. The van der Waals surface area contributed by atoms with E-state index in [9.17, 15) is 4.79 Å². The molecule has 19 heavy (non-hydrogen) atoms. The fraction of sp³-hybridized carbons (Fsp3) is 0.692. The minimum absolute atomic E-state index is 0.142. The lowest BCUT2D eigenvalue weighted by molar-refractivity contribution is -0.122. The van der Waals surface area contributed by atoms with Crippen molar-refractivity contribution in [2.45, 2.75) is 39.3 Å². The predicted molar refractivity (Wildman–Crippen MR) is 76.0 cm³/mol. The molecule has 2 atom stereocenters. The van der Waals surface area contributed by atoms with Crippen molar-refractivity contribution in [1.29, 1.82) is 0 Å². The Morgan fingerprint density at radius 2 is 2.26 bits per heavy atom. The molecule has 0 radical (unpaired) electrons. The van der Waals surface area contributed by atoms with Gasteiger partial charge in [0.2, 0.25) is 0 Å². The maximum atomic E-state index is 12.3. The van der Waals surface area contributed by atoms with Gasteiger partial charge < -0.3 is 10.5 Å². The zero-order chi connectivity index (χ0) is 14.0. The van der Waals surface area contributed by atoms with E-state index in [1.165, 1.54) is 0 Å². The van der Waals surface area contributed by atoms with Crippen LogP contribution >= 0.6 is 15.9 Å². The van der Waals surface area contributed by atoms with Crippen molar-refractivity contribution in [2.24, 2.45) is 11.7 Å². The van der Waals surface area contributed by atoms with Crippen molar-refractivity contribution >= 4 is 21.7 Å². The van der Waals surface area contributed by atoms with E-state index in [4.69, 9.17) is 10.5 Å². The molecule has 0 saturated carbocycles. The summed E-state index contributed by atoms with van der Waals surface area (Å²) in [7, 11) is 0. The number of nitrogens with zero attached hydrogens (tertiary/aromatic N) is 2. The molecule has 1 aromatic heterocycles. The van der Waals surface area contributed by atoms with Gasteiger partial charge in [0.05, 0.1) is 35.0 Å². The summed E-state index contributed by atoms with van der Waals surface area (Å²) in [5, 5.41) is 4.50. The minimum Gasteiger partial charge on any atom is -0.379 e. The lowest BCUT2D eigenvalue weighted by atomic mass is 9.96. The number of ketones is 1. The Morgan fingerprint density at radius 1 is 1.53 bits per heavy atom. The number of carbonyl (C=O) groups is 1. The molecule has 5 nitrogen and oxygen atoms in total. The van der Waals surface area contributed by atoms with Crippen LogP contribution in [0.2, 0.25) is 0 Å². The lowest BCUT2D eigenvalue weighted by Crippen LogP contribution is -2.35. The average Bonchev–Trinajstić information content (AvgIpc) is 2.95. The number of Topliss-reactive ketones (excluding diaryl/α,β-unsaturated/α-hetero) is 1. The predicted octanol–water partition coefficient (Wildman–Crippen LogP) is 1.31. The molecule has 1 aliphatic rings. The van der Waals surface area contributed by atoms with Crippen molar-refractivity contribution in [3.05, 3.63) is 15.9 Å². The summed E-state index contributed by atoms with van der Waals surface area (Å²) in [6.07, 6.45) is 1.21. The van der Waals surface area contributed by atoms with Gasteiger partial charge in [-0.3, -0.25) is 9.48 Å². The molecule has 1 fully saturated rings. The monoisotopic (exact) mass is 329 g/mol. The zero-order valence-electron chi connectivity index (χ0n) is 11.4. The first kappa shape index (κ1) is 14.7. The smallest absolute Gasteiger partial charge is 0.145 e. The zero-order valence-corrected chi connectivity index (χ0v) is 12.9. The van der Waals surface area contributed by atoms with Crippen LogP contribution in [0.5, 0.6) is 0 Å². The fourth-order valence-electron chi connectivity index (χ4n) is 2.38. The first-order chi connectivity index (χ1) is 9.08. The summed E-state index contributed by atoms with van der Waals surface area (Å²) < 4.78 is 8.11. The van der Waals surface area contributed by atoms with Gasteiger partial charge in [0.1, 0.15) is 5.78 Å². The van der Waals surface area contributed by atoms with E-state index in [1.807, 2.05) is 11.6 Å². The Bertz CT molecular complexity index is 473. The Labute approximate surface area is 121 Å². The largest absolute Gasteiger partial charge is 0.379 e. The highest BCUT2D eigenvalue weighted by Gasteiger charge is 2.32. The molecule has 6 heteroatoms. The van der Waals surface area contributed by atoms with Crippen LogP contribution in [0, 0.1) is 5.92 Å². The van der Waals surface area contributed by atoms with Crippen LogP contribution in [0.15, 0.2) is 4.47 Å². The van der Waals surface area contributed by atoms with Crippen molar-refractivity contribution in [3.8, 4) is 0 Å². The van der Waals surface area contributed by atoms with Gasteiger partial charge in [-0.15, -0.1) is 0 Å². The van der Waals surface area contributed by atoms with Gasteiger partial charge in [0.15, 0.2) is 0 Å². The van der Waals surface area contributed by atoms with Crippen molar-refractivity contribution in [3.63, 3.8) is 0 Å². The molecular weight excluding hydrogens is 310 g/mol. The topological polar surface area (TPSA) is 70.1 Å². The highest BCUT2D eigenvalue weighted by Crippen LogP contribution is 2.25. The van der Waals surface area contributed by atoms with Crippen LogP contribution in [-0.2, 0) is 28.9 Å². The van der Waals surface area contributed by atoms with Gasteiger partial charge >= 0.3 is 0 Å². The van der Waals surface area contributed by atoms with Crippen molar-refractivity contribution < 1.29 is 9.53 Å². The molecule has 1 saturated heterocycles. The number of hydrogen-bond acceptors (Lipinski definition) is 4. The standard InChI is InChI=1S/C13H20BrN3O2/c1-3-10-13(14)11(17(4-2)16-10)5-12(18)8-6-19-7-9(8)15/h8-9H,3-7,15H2,1-2H3. The molecule has 1 aromatic rings. The van der Waals surface area contributed by atoms with E-state index in [1.54, 1.807) is 0 Å². The number of carbonyl (C=O) groups excluding carboxylic acids is 1. The van der Waals surface area contributed by atoms with Crippen LogP contribution in [0.3, 0.4) is 0 Å². The van der Waals surface area contributed by atoms with Crippen LogP contribution in [0.1, 0.15) is 25.2 Å². The van der Waals surface area contributed by atoms with Crippen LogP contribution < -0.4 is 5.73 Å². The maximum Gasteiger partial charge on any atom is 0.145 e. The number of aromatic nitrogens is 2. The van der Waals surface area contributed by atoms with E-state index in [-0.39, 0.29) is 17.7 Å². The molecule has 0 amide bonds. The Morgan fingerprint density at radius 3 is 2.79 bits per heavy atom. The molecule has 0 spiro atoms. The second-order valence-electron chi connectivity index (χ2n) is 4.83. The molecule has 2 rings (SSSR count). The summed E-state index contributed by atoms with van der Waals surface area (Å²) in [5.74, 6) is -0.0415. The molecule has 0 aromatic carbocycles. The van der Waals surface area contributed by atoms with Crippen LogP contribution in [0.25, 0.3) is 0 Å². The second-order valence-corrected chi connectivity index (χ2v) is 5.62. The molecule has 2 N–H and O–H groups in total. The van der Waals surface area contributed by atoms with Gasteiger partial charge in [-0.1, -0.05) is 6.92 Å². The number of hydrogen-bond donors (Lipinski definition) is 1. The summed E-state index contributed by atoms with van der Waals surface area (Å²) >= 11 is 3.56. The number of rotatable bonds is 5. The minimum atomic E-state index is -0.183. The maximum absolute atomic E-state index is 12.3. The molecule has 2 heterocycles. The molecule has 2 unspecified atom stereocenters. The number of aryl methyl sites for hydroxylation is 2. The van der Waals surface area contributed by atoms with Gasteiger partial charge in [0.25, 0.3) is 0 Å². The van der Waals surface area contributed by atoms with Gasteiger partial charge in [-0.2, -0.15) is 5.10 Å². The quantitative estimate of drug-likeness (QED) is 0.884. The van der Waals surface area contributed by atoms with Crippen LogP contribution in [-0.4, -0.2) is 34.8 Å². The van der Waals surface area contributed by atoms with E-state index in [0.717, 1.165) is 28.8 Å². The third kappa shape index (κ3) is 2.90. The molecule has 0 bridgehead atoms. The summed E-state index contributed by atoms with van der Waals surface area (Å²) in [6, 6.07) is -0.171. The normalized spacial score (nSPS) is 22.9. The molecule has 0 aliphatic carbocycles. The first-order valence-corrected chi connectivity index (χ1v) is 7.47. The Kier molecular flexibility index (Phi) is 4.76. The third-order valence-electron chi connectivity index (χ3n) is 3.57. The van der Waals surface area contributed by atoms with Gasteiger partial charge in [-0.25, -0.2) is 0 Å². The van der Waals surface area contributed by atoms with Crippen LogP contribution in [0.4, 0.5) is 0 Å². The summed E-state index contributed by atoms with van der Waals surface area (Å²) in [6.45, 7) is 5.76. The molecule has 106 valence electrons. The van der Waals surface area contributed by atoms with Crippen molar-refractivity contribution in [2.75, 3.05) is 13.2 Å². The number of ether oxygens (including phenoxy) is 1. The lowest BCUT2D eigenvalue weighted by Gasteiger charge is -2.12. The van der Waals surface area contributed by atoms with E-state index in [0.29, 0.717) is 19.6 Å². The third-order valence-corrected chi connectivity index (χ3v) is 4.49. The fourth-order valence-corrected chi connectivity index (χ4v) is 3.09. The molecular formula is C13H20BrN3O2. The summed E-state index contributed by atoms with van der Waals surface area (Å²) in [4.78, 5) is 12.3.